The molecular weight excluding hydrogens is 308 g/mol. The highest BCUT2D eigenvalue weighted by atomic mass is 32.2. The first-order valence-electron chi connectivity index (χ1n) is 7.17. The molecule has 0 saturated carbocycles. The third kappa shape index (κ3) is 3.76. The fraction of sp³-hybridized carbons (Fsp3) is 0.571. The number of benzene rings is 1. The van der Waals surface area contributed by atoms with Crippen molar-refractivity contribution in [2.24, 2.45) is 5.14 Å². The van der Waals surface area contributed by atoms with Gasteiger partial charge in [-0.3, -0.25) is 4.18 Å². The molecule has 1 saturated heterocycles. The molecule has 2 atom stereocenters. The van der Waals surface area contributed by atoms with Gasteiger partial charge < -0.3 is 15.2 Å². The Balaban J connectivity index is 2.29. The van der Waals surface area contributed by atoms with Crippen molar-refractivity contribution in [3.8, 4) is 0 Å². The van der Waals surface area contributed by atoms with Crippen molar-refractivity contribution in [2.75, 3.05) is 12.3 Å². The summed E-state index contributed by atoms with van der Waals surface area (Å²) in [4.78, 5) is 0. The Bertz CT molecular complexity index is 615. The van der Waals surface area contributed by atoms with Gasteiger partial charge in [-0.05, 0) is 18.9 Å². The van der Waals surface area contributed by atoms with Crippen LogP contribution in [0.15, 0.2) is 24.3 Å². The predicted octanol–water partition coefficient (Wildman–Crippen LogP) is 1.46. The highest BCUT2D eigenvalue weighted by molar-refractivity contribution is 7.84. The number of nitrogens with two attached hydrogens (primary N) is 2. The average molecular weight is 330 g/mol. The van der Waals surface area contributed by atoms with Crippen LogP contribution in [0.25, 0.3) is 0 Å². The Morgan fingerprint density at radius 3 is 2.41 bits per heavy atom. The molecule has 0 aromatic heterocycles. The van der Waals surface area contributed by atoms with E-state index >= 15 is 0 Å². The zero-order chi connectivity index (χ0) is 16.4. The van der Waals surface area contributed by atoms with Gasteiger partial charge in [-0.15, -0.1) is 0 Å². The summed E-state index contributed by atoms with van der Waals surface area (Å²) in [5.41, 5.74) is 7.30. The van der Waals surface area contributed by atoms with E-state index in [0.29, 0.717) is 18.5 Å². The number of ether oxygens (including phenoxy) is 2. The van der Waals surface area contributed by atoms with E-state index in [-0.39, 0.29) is 6.61 Å². The Morgan fingerprint density at radius 2 is 1.86 bits per heavy atom. The van der Waals surface area contributed by atoms with Gasteiger partial charge in [0, 0.05) is 11.3 Å². The molecule has 1 aliphatic rings. The summed E-state index contributed by atoms with van der Waals surface area (Å²) in [6.45, 7) is 3.66. The maximum atomic E-state index is 11.0. The smallest absolute Gasteiger partial charge is 0.333 e. The van der Waals surface area contributed by atoms with E-state index in [9.17, 15) is 8.42 Å². The van der Waals surface area contributed by atoms with E-state index in [1.165, 1.54) is 0 Å². The fourth-order valence-electron chi connectivity index (χ4n) is 2.57. The summed E-state index contributed by atoms with van der Waals surface area (Å²) in [6.07, 6.45) is 0.128. The van der Waals surface area contributed by atoms with Crippen LogP contribution in [0, 0.1) is 0 Å². The van der Waals surface area contributed by atoms with E-state index in [4.69, 9.17) is 24.5 Å². The molecule has 0 bridgehead atoms. The summed E-state index contributed by atoms with van der Waals surface area (Å²) in [5, 5.41) is 4.89. The molecule has 7 nitrogen and oxygen atoms in total. The van der Waals surface area contributed by atoms with Gasteiger partial charge in [0.05, 0.1) is 6.61 Å². The van der Waals surface area contributed by atoms with Gasteiger partial charge >= 0.3 is 10.3 Å². The molecule has 4 N–H and O–H groups in total. The van der Waals surface area contributed by atoms with Crippen LogP contribution >= 0.6 is 0 Å². The van der Waals surface area contributed by atoms with Crippen LogP contribution in [-0.2, 0) is 24.0 Å². The van der Waals surface area contributed by atoms with Crippen LogP contribution in [0.5, 0.6) is 0 Å². The zero-order valence-corrected chi connectivity index (χ0v) is 13.5. The Morgan fingerprint density at radius 1 is 1.23 bits per heavy atom. The number of hydrogen-bond donors (Lipinski definition) is 2. The standard InChI is InChI=1S/C14H22N2O5S/c1-3-14(4-2)20-12(9-19-22(16,17)18)13(21-14)10-7-5-6-8-11(10)15/h5-8,12-13H,3-4,9,15H2,1-2H3,(H2,16,17,18)/t12-,13-/m1/s1. The van der Waals surface area contributed by atoms with Crippen LogP contribution in [0.3, 0.4) is 0 Å². The van der Waals surface area contributed by atoms with Gasteiger partial charge in [0.25, 0.3) is 0 Å². The molecule has 0 radical (unpaired) electrons. The van der Waals surface area contributed by atoms with Gasteiger partial charge in [-0.2, -0.15) is 8.42 Å². The maximum Gasteiger partial charge on any atom is 0.333 e. The van der Waals surface area contributed by atoms with Crippen LogP contribution in [0.1, 0.15) is 38.4 Å². The Labute approximate surface area is 130 Å². The molecule has 2 rings (SSSR count). The van der Waals surface area contributed by atoms with Gasteiger partial charge in [0.15, 0.2) is 5.79 Å². The lowest BCUT2D eigenvalue weighted by atomic mass is 10.0. The molecule has 0 amide bonds. The highest BCUT2D eigenvalue weighted by Gasteiger charge is 2.46. The number of hydrogen-bond acceptors (Lipinski definition) is 6. The lowest BCUT2D eigenvalue weighted by Crippen LogP contribution is -2.31. The summed E-state index contributed by atoms with van der Waals surface area (Å²) in [7, 11) is -4.04. The van der Waals surface area contributed by atoms with Crippen LogP contribution in [0.4, 0.5) is 5.69 Å². The zero-order valence-electron chi connectivity index (χ0n) is 12.7. The normalized spacial score (nSPS) is 24.5. The van der Waals surface area contributed by atoms with Crippen molar-refractivity contribution in [3.63, 3.8) is 0 Å². The maximum absolute atomic E-state index is 11.0. The van der Waals surface area contributed by atoms with Gasteiger partial charge in [0.2, 0.25) is 0 Å². The minimum Gasteiger partial charge on any atom is -0.398 e. The predicted molar refractivity (Wildman–Crippen MR) is 81.9 cm³/mol. The number of para-hydroxylation sites is 1. The molecule has 0 spiro atoms. The van der Waals surface area contributed by atoms with Crippen molar-refractivity contribution in [1.29, 1.82) is 0 Å². The molecule has 0 unspecified atom stereocenters. The average Bonchev–Trinajstić information content (AvgIpc) is 2.85. The van der Waals surface area contributed by atoms with Crippen LogP contribution in [0.2, 0.25) is 0 Å². The lowest BCUT2D eigenvalue weighted by molar-refractivity contribution is -0.181. The first-order valence-corrected chi connectivity index (χ1v) is 8.64. The Hall–Kier alpha value is -1.19. The molecule has 22 heavy (non-hydrogen) atoms. The lowest BCUT2D eigenvalue weighted by Gasteiger charge is -2.25. The fourth-order valence-corrected chi connectivity index (χ4v) is 2.90. The molecule has 124 valence electrons. The minimum absolute atomic E-state index is 0.223. The van der Waals surface area contributed by atoms with Crippen molar-refractivity contribution in [1.82, 2.24) is 0 Å². The first kappa shape index (κ1) is 17.2. The Kier molecular flexibility index (Phi) is 5.08. The van der Waals surface area contributed by atoms with Crippen molar-refractivity contribution in [3.05, 3.63) is 29.8 Å². The minimum atomic E-state index is -4.04. The SMILES string of the molecule is CCC1(CC)O[C@H](c2ccccc2N)[C@@H](COS(N)(=O)=O)O1. The second kappa shape index (κ2) is 6.51. The monoisotopic (exact) mass is 330 g/mol. The molecule has 1 aliphatic heterocycles. The summed E-state index contributed by atoms with van der Waals surface area (Å²) in [5.74, 6) is -0.778. The first-order chi connectivity index (χ1) is 10.3. The topological polar surface area (TPSA) is 114 Å². The largest absolute Gasteiger partial charge is 0.398 e. The molecule has 1 heterocycles. The quantitative estimate of drug-likeness (QED) is 0.763. The van der Waals surface area contributed by atoms with Gasteiger partial charge in [0.1, 0.15) is 12.2 Å². The van der Waals surface area contributed by atoms with E-state index in [1.807, 2.05) is 32.0 Å². The third-order valence-electron chi connectivity index (χ3n) is 3.82. The number of anilines is 1. The van der Waals surface area contributed by atoms with Gasteiger partial charge in [-0.25, -0.2) is 5.14 Å². The molecule has 8 heteroatoms. The van der Waals surface area contributed by atoms with Crippen LogP contribution < -0.4 is 10.9 Å². The molecular formula is C14H22N2O5S. The second-order valence-electron chi connectivity index (χ2n) is 5.22. The van der Waals surface area contributed by atoms with Gasteiger partial charge in [-0.1, -0.05) is 32.0 Å². The van der Waals surface area contributed by atoms with Crippen molar-refractivity contribution in [2.45, 2.75) is 44.7 Å². The van der Waals surface area contributed by atoms with E-state index < -0.39 is 28.3 Å². The molecule has 1 aromatic carbocycles. The second-order valence-corrected chi connectivity index (χ2v) is 6.44. The summed E-state index contributed by atoms with van der Waals surface area (Å²) < 4.78 is 38.8. The van der Waals surface area contributed by atoms with E-state index in [1.54, 1.807) is 6.07 Å². The van der Waals surface area contributed by atoms with Crippen molar-refractivity contribution < 1.29 is 22.1 Å². The highest BCUT2D eigenvalue weighted by Crippen LogP contribution is 2.43. The molecule has 1 fully saturated rings. The van der Waals surface area contributed by atoms with E-state index in [0.717, 1.165) is 5.56 Å². The molecule has 0 aliphatic carbocycles. The van der Waals surface area contributed by atoms with E-state index in [2.05, 4.69) is 0 Å². The number of rotatable bonds is 6. The van der Waals surface area contributed by atoms with Crippen molar-refractivity contribution >= 4 is 16.0 Å². The molecule has 1 aromatic rings. The summed E-state index contributed by atoms with van der Waals surface area (Å²) >= 11 is 0. The number of nitrogen functional groups attached to an aromatic ring is 1. The summed E-state index contributed by atoms with van der Waals surface area (Å²) in [6, 6.07) is 7.24. The van der Waals surface area contributed by atoms with Crippen LogP contribution in [-0.4, -0.2) is 26.9 Å². The third-order valence-corrected chi connectivity index (χ3v) is 4.29.